The van der Waals surface area contributed by atoms with E-state index in [1.54, 1.807) is 0 Å². The molecule has 7 heteroatoms. The van der Waals surface area contributed by atoms with Crippen LogP contribution in [-0.4, -0.2) is 17.5 Å². The Hall–Kier alpha value is 0.423. The first kappa shape index (κ1) is 15.7. The van der Waals surface area contributed by atoms with Crippen molar-refractivity contribution in [1.82, 2.24) is 0 Å². The molecule has 0 heterocycles. The Kier molecular flexibility index (Phi) is 10.2. The second kappa shape index (κ2) is 4.58. The van der Waals surface area contributed by atoms with Crippen molar-refractivity contribution in [1.29, 1.82) is 0 Å². The van der Waals surface area contributed by atoms with Crippen molar-refractivity contribution in [2.75, 3.05) is 0 Å². The fraction of sp³-hybridized carbons (Fsp3) is 0. The third kappa shape index (κ3) is 701. The van der Waals surface area contributed by atoms with Crippen LogP contribution in [0.5, 0.6) is 0 Å². The molecule has 0 atom stereocenters. The molecule has 0 aromatic rings. The van der Waals surface area contributed by atoms with Gasteiger partial charge in [-0.2, -0.15) is 0 Å². The van der Waals surface area contributed by atoms with Gasteiger partial charge in [-0.15, -0.1) is 0 Å². The minimum atomic E-state index is -5.17. The second-order valence-corrected chi connectivity index (χ2v) is 1.22. The Bertz CT molecular complexity index is 94.9. The molecule has 0 rings (SSSR count). The first-order valence-corrected chi connectivity index (χ1v) is 2.00. The molecule has 0 saturated carbocycles. The van der Waals surface area contributed by atoms with Crippen LogP contribution in [0.1, 0.15) is 0 Å². The standard InChI is InChI=1S/FH.H2O4S.Zn/c;1-5(2,3)4;/h1H;(H2,1,2,3,4);/q;;+2/p-2. The largest absolute Gasteiger partial charge is 2.00 e. The summed E-state index contributed by atoms with van der Waals surface area (Å²) in [6, 6.07) is 0. The molecule has 0 aliphatic rings. The van der Waals surface area contributed by atoms with E-state index in [4.69, 9.17) is 17.5 Å². The number of rotatable bonds is 0. The van der Waals surface area contributed by atoms with Crippen LogP contribution < -0.4 is 0 Å². The van der Waals surface area contributed by atoms with Gasteiger partial charge in [-0.25, -0.2) is 0 Å². The summed E-state index contributed by atoms with van der Waals surface area (Å²) in [5.74, 6) is 0. The Morgan fingerprint density at radius 1 is 1.14 bits per heavy atom. The normalized spacial score (nSPS) is 8.29. The minimum Gasteiger partial charge on any atom is -0.759 e. The molecule has 0 radical (unpaired) electrons. The van der Waals surface area contributed by atoms with Crippen molar-refractivity contribution in [2.45, 2.75) is 0 Å². The summed E-state index contributed by atoms with van der Waals surface area (Å²) in [5.41, 5.74) is 0. The molecule has 40 valence electrons. The molecular formula is HFO4SZn. The van der Waals surface area contributed by atoms with Crippen LogP contribution in [0.25, 0.3) is 0 Å². The summed E-state index contributed by atoms with van der Waals surface area (Å²) in [6.45, 7) is 0. The van der Waals surface area contributed by atoms with Gasteiger partial charge in [0.2, 0.25) is 0 Å². The Morgan fingerprint density at radius 2 is 1.14 bits per heavy atom. The van der Waals surface area contributed by atoms with Gasteiger partial charge in [0.05, 0.1) is 0 Å². The topological polar surface area (TPSA) is 80.3 Å². The van der Waals surface area contributed by atoms with Crippen LogP contribution in [0.15, 0.2) is 0 Å². The van der Waals surface area contributed by atoms with Crippen molar-refractivity contribution in [3.05, 3.63) is 0 Å². The predicted molar refractivity (Wildman–Crippen MR) is 13.0 cm³/mol. The maximum absolute atomic E-state index is 8.52. The van der Waals surface area contributed by atoms with Crippen molar-refractivity contribution >= 4 is 10.4 Å². The zero-order valence-electron chi connectivity index (χ0n) is 3.16. The molecule has 7 heavy (non-hydrogen) atoms. The van der Waals surface area contributed by atoms with Gasteiger partial charge in [-0.1, -0.05) is 0 Å². The fourth-order valence-electron chi connectivity index (χ4n) is 0. The van der Waals surface area contributed by atoms with Gasteiger partial charge in [-0.3, -0.25) is 13.1 Å². The van der Waals surface area contributed by atoms with Crippen LogP contribution >= 0.6 is 0 Å². The molecule has 4 nitrogen and oxygen atoms in total. The molecule has 0 aliphatic heterocycles. The van der Waals surface area contributed by atoms with E-state index in [1.807, 2.05) is 0 Å². The van der Waals surface area contributed by atoms with Crippen molar-refractivity contribution in [2.24, 2.45) is 0 Å². The van der Waals surface area contributed by atoms with Gasteiger partial charge >= 0.3 is 19.5 Å². The molecular weight excluding hydrogens is 180 g/mol. The quantitative estimate of drug-likeness (QED) is 0.267. The van der Waals surface area contributed by atoms with Gasteiger partial charge in [0.15, 0.2) is 0 Å². The van der Waals surface area contributed by atoms with Crippen LogP contribution in [0, 0.1) is 0 Å². The number of halogens is 1. The van der Waals surface area contributed by atoms with Gasteiger partial charge in [0.1, 0.15) is 0 Å². The second-order valence-electron chi connectivity index (χ2n) is 0.408. The third-order valence-electron chi connectivity index (χ3n) is 0. The third-order valence-corrected chi connectivity index (χ3v) is 0. The van der Waals surface area contributed by atoms with Gasteiger partial charge in [-0.05, 0) is 0 Å². The smallest absolute Gasteiger partial charge is 0.759 e. The molecule has 0 saturated heterocycles. The molecule has 0 aliphatic carbocycles. The van der Waals surface area contributed by atoms with Crippen LogP contribution in [0.2, 0.25) is 0 Å². The van der Waals surface area contributed by atoms with E-state index < -0.39 is 10.4 Å². The Morgan fingerprint density at radius 3 is 1.14 bits per heavy atom. The maximum Gasteiger partial charge on any atom is 2.00 e. The minimum absolute atomic E-state index is 0. The van der Waals surface area contributed by atoms with Gasteiger partial charge in [0, 0.05) is 10.4 Å². The van der Waals surface area contributed by atoms with Crippen molar-refractivity contribution in [3.8, 4) is 0 Å². The first-order chi connectivity index (χ1) is 2.00. The van der Waals surface area contributed by atoms with Crippen LogP contribution in [0.3, 0.4) is 0 Å². The summed E-state index contributed by atoms with van der Waals surface area (Å²) in [4.78, 5) is 0. The fourth-order valence-corrected chi connectivity index (χ4v) is 0. The average Bonchev–Trinajstić information content (AvgIpc) is 0.722. The number of hydrogen-bond acceptors (Lipinski definition) is 4. The zero-order valence-corrected chi connectivity index (χ0v) is 6.94. The molecule has 0 N–H and O–H groups in total. The molecule has 0 aromatic heterocycles. The maximum atomic E-state index is 8.52. The Labute approximate surface area is 52.6 Å². The summed E-state index contributed by atoms with van der Waals surface area (Å²) >= 11 is 0. The van der Waals surface area contributed by atoms with E-state index in [-0.39, 0.29) is 24.2 Å². The predicted octanol–water partition coefficient (Wildman–Crippen LogP) is -1.19. The SMILES string of the molecule is F.O=S(=O)([O-])[O-].[Zn+2]. The van der Waals surface area contributed by atoms with E-state index in [0.717, 1.165) is 0 Å². The van der Waals surface area contributed by atoms with E-state index in [1.165, 1.54) is 0 Å². The number of hydrogen-bond donors (Lipinski definition) is 0. The molecule has 0 unspecified atom stereocenters. The zero-order chi connectivity index (χ0) is 4.50. The molecule has 0 amide bonds. The molecule has 0 spiro atoms. The first-order valence-electron chi connectivity index (χ1n) is 0.667. The van der Waals surface area contributed by atoms with Gasteiger partial charge in [0.25, 0.3) is 0 Å². The van der Waals surface area contributed by atoms with E-state index in [9.17, 15) is 0 Å². The van der Waals surface area contributed by atoms with E-state index in [0.29, 0.717) is 0 Å². The Balaban J connectivity index is -0.0000000800. The van der Waals surface area contributed by atoms with Crippen LogP contribution in [0.4, 0.5) is 4.70 Å². The van der Waals surface area contributed by atoms with E-state index in [2.05, 4.69) is 0 Å². The molecule has 0 fully saturated rings. The van der Waals surface area contributed by atoms with Crippen LogP contribution in [-0.2, 0) is 29.9 Å². The summed E-state index contributed by atoms with van der Waals surface area (Å²) < 4.78 is 34.1. The van der Waals surface area contributed by atoms with E-state index >= 15 is 0 Å². The summed E-state index contributed by atoms with van der Waals surface area (Å²) in [6.07, 6.45) is 0. The van der Waals surface area contributed by atoms with Crippen molar-refractivity contribution in [3.63, 3.8) is 0 Å². The van der Waals surface area contributed by atoms with Gasteiger partial charge < -0.3 is 9.11 Å². The summed E-state index contributed by atoms with van der Waals surface area (Å²) in [7, 11) is -5.17. The molecule has 0 bridgehead atoms. The monoisotopic (exact) mass is 180 g/mol. The summed E-state index contributed by atoms with van der Waals surface area (Å²) in [5, 5.41) is 0. The average molecular weight is 181 g/mol. The van der Waals surface area contributed by atoms with Crippen molar-refractivity contribution < 1.29 is 41.7 Å². The molecule has 0 aromatic carbocycles.